The molecular weight excluding hydrogens is 402 g/mol. The number of hydrogen-bond donors (Lipinski definition) is 3. The van der Waals surface area contributed by atoms with Crippen LogP contribution >= 0.6 is 0 Å². The number of anilines is 3. The molecule has 3 N–H and O–H groups in total. The van der Waals surface area contributed by atoms with E-state index in [9.17, 15) is 15.3 Å². The van der Waals surface area contributed by atoms with E-state index in [2.05, 4.69) is 0 Å². The Labute approximate surface area is 187 Å². The minimum atomic E-state index is 0.142. The monoisotopic (exact) mass is 427 g/mol. The maximum Gasteiger partial charge on any atom is 0.131 e. The third-order valence-corrected chi connectivity index (χ3v) is 4.96. The Kier molecular flexibility index (Phi) is 5.65. The Balaban J connectivity index is 1.81. The van der Waals surface area contributed by atoms with Crippen LogP contribution in [0.2, 0.25) is 0 Å². The number of ether oxygens (including phenoxy) is 1. The Bertz CT molecular complexity index is 1170. The highest BCUT2D eigenvalue weighted by molar-refractivity contribution is 5.79. The third-order valence-electron chi connectivity index (χ3n) is 4.96. The molecule has 0 saturated heterocycles. The topological polar surface area (TPSA) is 73.2 Å². The SMILES string of the molecule is Cc1cc(O)cc(Oc2cccc(N(c3cc(C)cc(O)c3)c3cc(C)cc(O)c3)c2)c1. The van der Waals surface area contributed by atoms with Gasteiger partial charge in [-0.1, -0.05) is 6.07 Å². The average Bonchev–Trinajstić information content (AvgIpc) is 2.66. The molecule has 0 aromatic heterocycles. The fourth-order valence-corrected chi connectivity index (χ4v) is 3.80. The highest BCUT2D eigenvalue weighted by Crippen LogP contribution is 2.40. The number of hydrogen-bond acceptors (Lipinski definition) is 5. The summed E-state index contributed by atoms with van der Waals surface area (Å²) in [6.07, 6.45) is 0. The first-order valence-corrected chi connectivity index (χ1v) is 10.3. The lowest BCUT2D eigenvalue weighted by Crippen LogP contribution is -2.10. The van der Waals surface area contributed by atoms with Gasteiger partial charge in [-0.05, 0) is 86.0 Å². The third kappa shape index (κ3) is 4.78. The Morgan fingerprint density at radius 3 is 1.59 bits per heavy atom. The first-order valence-electron chi connectivity index (χ1n) is 10.3. The molecule has 0 amide bonds. The minimum Gasteiger partial charge on any atom is -0.508 e. The predicted octanol–water partition coefficient (Wildman–Crippen LogP) is 6.99. The summed E-state index contributed by atoms with van der Waals surface area (Å²) in [6.45, 7) is 5.72. The van der Waals surface area contributed by atoms with E-state index in [0.29, 0.717) is 11.5 Å². The van der Waals surface area contributed by atoms with Crippen LogP contribution in [0.1, 0.15) is 16.7 Å². The average molecular weight is 428 g/mol. The summed E-state index contributed by atoms with van der Waals surface area (Å²) in [6, 6.07) is 23.3. The summed E-state index contributed by atoms with van der Waals surface area (Å²) in [4.78, 5) is 1.94. The van der Waals surface area contributed by atoms with Crippen LogP contribution in [-0.4, -0.2) is 15.3 Å². The van der Waals surface area contributed by atoms with E-state index in [4.69, 9.17) is 4.74 Å². The summed E-state index contributed by atoms with van der Waals surface area (Å²) in [7, 11) is 0. The molecule has 5 nitrogen and oxygen atoms in total. The van der Waals surface area contributed by atoms with Crippen molar-refractivity contribution in [1.82, 2.24) is 0 Å². The summed E-state index contributed by atoms with van der Waals surface area (Å²) < 4.78 is 6.01. The summed E-state index contributed by atoms with van der Waals surface area (Å²) in [5.74, 6) is 1.58. The van der Waals surface area contributed by atoms with E-state index in [-0.39, 0.29) is 17.2 Å². The minimum absolute atomic E-state index is 0.142. The molecule has 0 spiro atoms. The molecule has 0 atom stereocenters. The van der Waals surface area contributed by atoms with E-state index >= 15 is 0 Å². The summed E-state index contributed by atoms with van der Waals surface area (Å²) >= 11 is 0. The summed E-state index contributed by atoms with van der Waals surface area (Å²) in [5, 5.41) is 30.3. The van der Waals surface area contributed by atoms with Crippen LogP contribution in [0.5, 0.6) is 28.7 Å². The van der Waals surface area contributed by atoms with Crippen LogP contribution < -0.4 is 9.64 Å². The maximum atomic E-state index is 10.2. The molecule has 0 bridgehead atoms. The largest absolute Gasteiger partial charge is 0.508 e. The second-order valence-electron chi connectivity index (χ2n) is 7.99. The van der Waals surface area contributed by atoms with Gasteiger partial charge >= 0.3 is 0 Å². The van der Waals surface area contributed by atoms with Gasteiger partial charge in [0.15, 0.2) is 0 Å². The molecule has 0 heterocycles. The number of aryl methyl sites for hydroxylation is 3. The van der Waals surface area contributed by atoms with Gasteiger partial charge in [-0.3, -0.25) is 0 Å². The first-order chi connectivity index (χ1) is 15.3. The van der Waals surface area contributed by atoms with Gasteiger partial charge in [0.1, 0.15) is 28.7 Å². The number of phenols is 3. The van der Waals surface area contributed by atoms with E-state index in [1.54, 1.807) is 36.4 Å². The van der Waals surface area contributed by atoms with Gasteiger partial charge in [-0.25, -0.2) is 0 Å². The molecule has 0 saturated carbocycles. The molecule has 4 aromatic carbocycles. The van der Waals surface area contributed by atoms with Crippen LogP contribution in [0.3, 0.4) is 0 Å². The van der Waals surface area contributed by atoms with E-state index in [1.807, 2.05) is 68.1 Å². The lowest BCUT2D eigenvalue weighted by atomic mass is 10.1. The van der Waals surface area contributed by atoms with Gasteiger partial charge in [0.2, 0.25) is 0 Å². The smallest absolute Gasteiger partial charge is 0.131 e. The van der Waals surface area contributed by atoms with Crippen molar-refractivity contribution in [3.05, 3.63) is 95.6 Å². The van der Waals surface area contributed by atoms with Gasteiger partial charge in [0, 0.05) is 30.0 Å². The molecule has 0 aliphatic carbocycles. The lowest BCUT2D eigenvalue weighted by molar-refractivity contribution is 0.454. The van der Waals surface area contributed by atoms with Crippen molar-refractivity contribution in [2.24, 2.45) is 0 Å². The number of rotatable bonds is 5. The zero-order chi connectivity index (χ0) is 22.8. The van der Waals surface area contributed by atoms with Crippen molar-refractivity contribution < 1.29 is 20.1 Å². The van der Waals surface area contributed by atoms with Crippen LogP contribution in [0.15, 0.2) is 78.9 Å². The second kappa shape index (κ2) is 8.55. The Morgan fingerprint density at radius 1 is 0.531 bits per heavy atom. The van der Waals surface area contributed by atoms with E-state index < -0.39 is 0 Å². The molecule has 0 radical (unpaired) electrons. The lowest BCUT2D eigenvalue weighted by Gasteiger charge is -2.27. The fourth-order valence-electron chi connectivity index (χ4n) is 3.80. The number of benzene rings is 4. The van der Waals surface area contributed by atoms with Crippen molar-refractivity contribution in [2.45, 2.75) is 20.8 Å². The van der Waals surface area contributed by atoms with Gasteiger partial charge in [-0.2, -0.15) is 0 Å². The predicted molar refractivity (Wildman–Crippen MR) is 127 cm³/mol. The number of phenolic OH excluding ortho intramolecular Hbond substituents is 3. The molecule has 162 valence electrons. The molecular formula is C27H25NO4. The van der Waals surface area contributed by atoms with Crippen LogP contribution in [-0.2, 0) is 0 Å². The molecule has 32 heavy (non-hydrogen) atoms. The quantitative estimate of drug-likeness (QED) is 0.320. The molecule has 5 heteroatoms. The molecule has 0 aliphatic heterocycles. The van der Waals surface area contributed by atoms with Gasteiger partial charge in [0.05, 0.1) is 11.4 Å². The highest BCUT2D eigenvalue weighted by Gasteiger charge is 2.16. The maximum absolute atomic E-state index is 10.2. The van der Waals surface area contributed by atoms with Crippen LogP contribution in [0, 0.1) is 20.8 Å². The summed E-state index contributed by atoms with van der Waals surface area (Å²) in [5.41, 5.74) is 4.99. The van der Waals surface area contributed by atoms with Crippen molar-refractivity contribution in [1.29, 1.82) is 0 Å². The van der Waals surface area contributed by atoms with Gasteiger partial charge in [-0.15, -0.1) is 0 Å². The second-order valence-corrected chi connectivity index (χ2v) is 7.99. The van der Waals surface area contributed by atoms with Crippen molar-refractivity contribution in [3.8, 4) is 28.7 Å². The molecule has 4 rings (SSSR count). The zero-order valence-corrected chi connectivity index (χ0v) is 18.2. The van der Waals surface area contributed by atoms with Crippen LogP contribution in [0.4, 0.5) is 17.1 Å². The molecule has 0 aliphatic rings. The highest BCUT2D eigenvalue weighted by atomic mass is 16.5. The van der Waals surface area contributed by atoms with E-state index in [1.165, 1.54) is 0 Å². The first kappa shape index (κ1) is 21.1. The van der Waals surface area contributed by atoms with Crippen molar-refractivity contribution in [2.75, 3.05) is 4.90 Å². The Hall–Kier alpha value is -4.12. The molecule has 0 fully saturated rings. The number of aromatic hydroxyl groups is 3. The van der Waals surface area contributed by atoms with Crippen molar-refractivity contribution >= 4 is 17.1 Å². The number of nitrogens with zero attached hydrogens (tertiary/aromatic N) is 1. The zero-order valence-electron chi connectivity index (χ0n) is 18.2. The molecule has 0 unspecified atom stereocenters. The van der Waals surface area contributed by atoms with E-state index in [0.717, 1.165) is 33.8 Å². The van der Waals surface area contributed by atoms with Gasteiger partial charge in [0.25, 0.3) is 0 Å². The standard InChI is InChI=1S/C27H25NO4/c1-17-7-21(13-23(29)9-17)28(22-8-18(2)10-24(30)14-22)20-5-4-6-26(15-20)32-27-12-19(3)11-25(31)16-27/h4-16,29-31H,1-3H3. The van der Waals surface area contributed by atoms with Gasteiger partial charge < -0.3 is 25.0 Å². The fraction of sp³-hybridized carbons (Fsp3) is 0.111. The van der Waals surface area contributed by atoms with Crippen molar-refractivity contribution in [3.63, 3.8) is 0 Å². The normalized spacial score (nSPS) is 10.7. The Morgan fingerprint density at radius 2 is 1.06 bits per heavy atom. The van der Waals surface area contributed by atoms with Crippen LogP contribution in [0.25, 0.3) is 0 Å². The molecule has 4 aromatic rings.